The number of nitrogens with zero attached hydrogens (tertiary/aromatic N) is 3. The van der Waals surface area contributed by atoms with Crippen molar-refractivity contribution in [3.05, 3.63) is 55.7 Å². The molecule has 0 aliphatic heterocycles. The highest BCUT2D eigenvalue weighted by molar-refractivity contribution is 6.35. The molecule has 1 aromatic heterocycles. The molecule has 0 radical (unpaired) electrons. The van der Waals surface area contributed by atoms with E-state index in [0.29, 0.717) is 27.8 Å². The number of nitro groups is 1. The van der Waals surface area contributed by atoms with Crippen molar-refractivity contribution in [2.45, 2.75) is 13.5 Å². The zero-order valence-electron chi connectivity index (χ0n) is 9.43. The Hall–Kier alpha value is -1.59. The number of hydrogen-bond acceptors (Lipinski definition) is 3. The fourth-order valence-electron chi connectivity index (χ4n) is 1.58. The summed E-state index contributed by atoms with van der Waals surface area (Å²) in [7, 11) is 0. The molecular formula is C11H9Cl2N3O2. The van der Waals surface area contributed by atoms with Gasteiger partial charge in [0.25, 0.3) is 0 Å². The number of rotatable bonds is 3. The van der Waals surface area contributed by atoms with Crippen LogP contribution in [0.1, 0.15) is 11.3 Å². The first-order chi connectivity index (χ1) is 8.49. The van der Waals surface area contributed by atoms with Crippen molar-refractivity contribution < 1.29 is 4.92 Å². The minimum Gasteiger partial charge on any atom is -0.358 e. The van der Waals surface area contributed by atoms with Crippen LogP contribution in [-0.2, 0) is 6.54 Å². The van der Waals surface area contributed by atoms with Gasteiger partial charge in [0, 0.05) is 15.6 Å². The van der Waals surface area contributed by atoms with Gasteiger partial charge in [0.05, 0.1) is 23.4 Å². The predicted molar refractivity (Wildman–Crippen MR) is 69.2 cm³/mol. The van der Waals surface area contributed by atoms with Gasteiger partial charge < -0.3 is 10.1 Å². The van der Waals surface area contributed by atoms with E-state index in [0.717, 1.165) is 0 Å². The third-order valence-corrected chi connectivity index (χ3v) is 3.23. The molecule has 0 amide bonds. The Morgan fingerprint density at radius 1 is 1.39 bits per heavy atom. The van der Waals surface area contributed by atoms with E-state index in [4.69, 9.17) is 23.2 Å². The summed E-state index contributed by atoms with van der Waals surface area (Å²) < 4.78 is 1.51. The van der Waals surface area contributed by atoms with E-state index in [2.05, 4.69) is 5.10 Å². The number of aryl methyl sites for hydroxylation is 1. The van der Waals surface area contributed by atoms with Crippen LogP contribution >= 0.6 is 23.2 Å². The monoisotopic (exact) mass is 285 g/mol. The summed E-state index contributed by atoms with van der Waals surface area (Å²) in [6.45, 7) is 2.04. The molecule has 7 heteroatoms. The molecule has 0 aliphatic carbocycles. The highest BCUT2D eigenvalue weighted by atomic mass is 35.5. The van der Waals surface area contributed by atoms with Crippen LogP contribution in [0.2, 0.25) is 10.0 Å². The maximum absolute atomic E-state index is 10.6. The third kappa shape index (κ3) is 2.47. The summed E-state index contributed by atoms with van der Waals surface area (Å²) in [5, 5.41) is 15.5. The van der Waals surface area contributed by atoms with Gasteiger partial charge >= 0.3 is 5.82 Å². The van der Waals surface area contributed by atoms with Crippen LogP contribution in [0.5, 0.6) is 0 Å². The van der Waals surface area contributed by atoms with Crippen molar-refractivity contribution in [1.82, 2.24) is 9.78 Å². The van der Waals surface area contributed by atoms with Crippen molar-refractivity contribution in [2.75, 3.05) is 0 Å². The van der Waals surface area contributed by atoms with E-state index < -0.39 is 4.92 Å². The van der Waals surface area contributed by atoms with Crippen molar-refractivity contribution in [3.63, 3.8) is 0 Å². The Kier molecular flexibility index (Phi) is 3.54. The third-order valence-electron chi connectivity index (χ3n) is 2.52. The number of halogens is 2. The lowest BCUT2D eigenvalue weighted by Gasteiger charge is -2.05. The van der Waals surface area contributed by atoms with Crippen molar-refractivity contribution in [1.29, 1.82) is 0 Å². The van der Waals surface area contributed by atoms with E-state index in [1.54, 1.807) is 25.1 Å². The highest BCUT2D eigenvalue weighted by Gasteiger charge is 2.17. The van der Waals surface area contributed by atoms with Crippen LogP contribution in [0.3, 0.4) is 0 Å². The van der Waals surface area contributed by atoms with Gasteiger partial charge in [-0.25, -0.2) is 0 Å². The fourth-order valence-corrected chi connectivity index (χ4v) is 2.09. The van der Waals surface area contributed by atoms with E-state index >= 15 is 0 Å². The topological polar surface area (TPSA) is 61.0 Å². The molecule has 18 heavy (non-hydrogen) atoms. The molecule has 0 bridgehead atoms. The molecule has 1 aromatic carbocycles. The fraction of sp³-hybridized carbons (Fsp3) is 0.182. The lowest BCUT2D eigenvalue weighted by molar-refractivity contribution is -0.389. The van der Waals surface area contributed by atoms with Gasteiger partial charge in [0.15, 0.2) is 0 Å². The molecular weight excluding hydrogens is 277 g/mol. The first-order valence-corrected chi connectivity index (χ1v) is 5.86. The number of hydrogen-bond donors (Lipinski definition) is 0. The average Bonchev–Trinajstić information content (AvgIpc) is 2.66. The van der Waals surface area contributed by atoms with Crippen LogP contribution in [0.4, 0.5) is 5.82 Å². The molecule has 0 unspecified atom stereocenters. The summed E-state index contributed by atoms with van der Waals surface area (Å²) >= 11 is 12.1. The van der Waals surface area contributed by atoms with Crippen LogP contribution in [0.25, 0.3) is 0 Å². The van der Waals surface area contributed by atoms with Gasteiger partial charge in [-0.3, -0.25) is 0 Å². The Bertz CT molecular complexity index is 590. The van der Waals surface area contributed by atoms with Crippen LogP contribution in [0, 0.1) is 17.0 Å². The van der Waals surface area contributed by atoms with E-state index in [-0.39, 0.29) is 5.82 Å². The van der Waals surface area contributed by atoms with Crippen molar-refractivity contribution in [2.24, 2.45) is 0 Å². The Morgan fingerprint density at radius 2 is 2.00 bits per heavy atom. The van der Waals surface area contributed by atoms with Gasteiger partial charge in [0.1, 0.15) is 0 Å². The lowest BCUT2D eigenvalue weighted by atomic mass is 10.2. The molecule has 0 N–H and O–H groups in total. The molecule has 5 nitrogen and oxygen atoms in total. The summed E-state index contributed by atoms with van der Waals surface area (Å²) in [5.74, 6) is -0.185. The second-order valence-corrected chi connectivity index (χ2v) is 4.57. The number of benzene rings is 1. The molecule has 0 saturated carbocycles. The SMILES string of the molecule is Cc1cc([N+](=O)[O-])nn1Cc1c(Cl)cccc1Cl. The van der Waals surface area contributed by atoms with Gasteiger partial charge in [-0.2, -0.15) is 4.68 Å². The maximum Gasteiger partial charge on any atom is 0.390 e. The second kappa shape index (κ2) is 4.96. The van der Waals surface area contributed by atoms with Gasteiger partial charge in [-0.15, -0.1) is 0 Å². The molecule has 0 saturated heterocycles. The van der Waals surface area contributed by atoms with Crippen LogP contribution < -0.4 is 0 Å². The minimum atomic E-state index is -0.530. The Balaban J connectivity index is 2.37. The smallest absolute Gasteiger partial charge is 0.358 e. The number of aromatic nitrogens is 2. The van der Waals surface area contributed by atoms with Crippen molar-refractivity contribution in [3.8, 4) is 0 Å². The zero-order chi connectivity index (χ0) is 13.3. The first kappa shape index (κ1) is 12.9. The largest absolute Gasteiger partial charge is 0.390 e. The minimum absolute atomic E-state index is 0.185. The van der Waals surface area contributed by atoms with Gasteiger partial charge in [-0.05, 0) is 24.0 Å². The second-order valence-electron chi connectivity index (χ2n) is 3.76. The van der Waals surface area contributed by atoms with E-state index in [1.165, 1.54) is 10.7 Å². The zero-order valence-corrected chi connectivity index (χ0v) is 10.9. The van der Waals surface area contributed by atoms with Gasteiger partial charge in [-0.1, -0.05) is 29.3 Å². The molecule has 0 spiro atoms. The predicted octanol–water partition coefficient (Wildman–Crippen LogP) is 3.45. The highest BCUT2D eigenvalue weighted by Crippen LogP contribution is 2.25. The average molecular weight is 286 g/mol. The van der Waals surface area contributed by atoms with Gasteiger partial charge in [0.2, 0.25) is 0 Å². The standard InChI is InChI=1S/C11H9Cl2N3O2/c1-7-5-11(16(17)18)14-15(7)6-8-9(12)3-2-4-10(8)13/h2-5H,6H2,1H3. The summed E-state index contributed by atoms with van der Waals surface area (Å²) in [6, 6.07) is 6.59. The normalized spacial score (nSPS) is 10.6. The van der Waals surface area contributed by atoms with Crippen molar-refractivity contribution >= 4 is 29.0 Å². The maximum atomic E-state index is 10.6. The van der Waals surface area contributed by atoms with E-state index in [9.17, 15) is 10.1 Å². The molecule has 0 fully saturated rings. The Labute approximate surface area is 113 Å². The summed E-state index contributed by atoms with van der Waals surface area (Å²) in [6.07, 6.45) is 0. The Morgan fingerprint density at radius 3 is 2.50 bits per heavy atom. The summed E-state index contributed by atoms with van der Waals surface area (Å²) in [4.78, 5) is 10.1. The molecule has 1 heterocycles. The lowest BCUT2D eigenvalue weighted by Crippen LogP contribution is -2.05. The molecule has 2 rings (SSSR count). The molecule has 94 valence electrons. The molecule has 0 aliphatic rings. The van der Waals surface area contributed by atoms with E-state index in [1.807, 2.05) is 0 Å². The van der Waals surface area contributed by atoms with Crippen LogP contribution in [0.15, 0.2) is 24.3 Å². The summed E-state index contributed by atoms with van der Waals surface area (Å²) in [5.41, 5.74) is 1.37. The molecule has 2 aromatic rings. The van der Waals surface area contributed by atoms with Crippen LogP contribution in [-0.4, -0.2) is 14.7 Å². The quantitative estimate of drug-likeness (QED) is 0.641. The molecule has 0 atom stereocenters. The first-order valence-electron chi connectivity index (χ1n) is 5.11.